The van der Waals surface area contributed by atoms with Gasteiger partial charge in [-0.15, -0.1) is 0 Å². The van der Waals surface area contributed by atoms with Crippen molar-refractivity contribution in [1.82, 2.24) is 5.43 Å². The molecular formula is C20H19BrClN3O3. The van der Waals surface area contributed by atoms with Gasteiger partial charge < -0.3 is 10.1 Å². The number of amides is 2. The van der Waals surface area contributed by atoms with Gasteiger partial charge in [0.25, 0.3) is 0 Å². The molecule has 8 heteroatoms. The SMILES string of the molecule is C=CCOc1ccc(C=NNC(=O)CCC(=O)Nc2ccccc2Cl)cc1Br. The Hall–Kier alpha value is -2.64. The van der Waals surface area contributed by atoms with Crippen molar-refractivity contribution in [2.75, 3.05) is 11.9 Å². The molecule has 2 rings (SSSR count). The molecule has 2 aromatic carbocycles. The molecule has 2 aromatic rings. The molecule has 0 aliphatic carbocycles. The van der Waals surface area contributed by atoms with Gasteiger partial charge in [0.1, 0.15) is 12.4 Å². The van der Waals surface area contributed by atoms with Crippen LogP contribution in [0.1, 0.15) is 18.4 Å². The van der Waals surface area contributed by atoms with E-state index < -0.39 is 0 Å². The molecule has 0 spiro atoms. The van der Waals surface area contributed by atoms with E-state index in [-0.39, 0.29) is 24.7 Å². The van der Waals surface area contributed by atoms with Crippen molar-refractivity contribution < 1.29 is 14.3 Å². The third kappa shape index (κ3) is 7.17. The molecule has 28 heavy (non-hydrogen) atoms. The summed E-state index contributed by atoms with van der Waals surface area (Å²) in [5, 5.41) is 7.00. The van der Waals surface area contributed by atoms with Crippen LogP contribution in [0.2, 0.25) is 5.02 Å². The van der Waals surface area contributed by atoms with Gasteiger partial charge in [-0.05, 0) is 51.8 Å². The summed E-state index contributed by atoms with van der Waals surface area (Å²) in [7, 11) is 0. The zero-order valence-corrected chi connectivity index (χ0v) is 17.3. The molecule has 0 bridgehead atoms. The Labute approximate surface area is 176 Å². The standard InChI is InChI=1S/C20H19BrClN3O3/c1-2-11-28-18-8-7-14(12-15(18)21)13-23-25-20(27)10-9-19(26)24-17-6-4-3-5-16(17)22/h2-8,12-13H,1,9-11H2,(H,24,26)(H,25,27). The molecule has 0 heterocycles. The highest BCUT2D eigenvalue weighted by Gasteiger charge is 2.08. The number of para-hydroxylation sites is 1. The summed E-state index contributed by atoms with van der Waals surface area (Å²) in [6.07, 6.45) is 3.19. The first-order chi connectivity index (χ1) is 13.5. The highest BCUT2D eigenvalue weighted by Crippen LogP contribution is 2.25. The number of hydrogen-bond donors (Lipinski definition) is 2. The second-order valence-corrected chi connectivity index (χ2v) is 6.87. The van der Waals surface area contributed by atoms with Crippen LogP contribution in [0.3, 0.4) is 0 Å². The number of halogens is 2. The lowest BCUT2D eigenvalue weighted by atomic mass is 10.2. The molecular weight excluding hydrogens is 446 g/mol. The average Bonchev–Trinajstić information content (AvgIpc) is 2.67. The number of hydrazone groups is 1. The summed E-state index contributed by atoms with van der Waals surface area (Å²) in [6.45, 7) is 4.01. The lowest BCUT2D eigenvalue weighted by Gasteiger charge is -2.07. The van der Waals surface area contributed by atoms with Crippen LogP contribution >= 0.6 is 27.5 Å². The Morgan fingerprint density at radius 3 is 2.64 bits per heavy atom. The average molecular weight is 465 g/mol. The van der Waals surface area contributed by atoms with Crippen LogP contribution in [-0.2, 0) is 9.59 Å². The number of carbonyl (C=O) groups excluding carboxylic acids is 2. The van der Waals surface area contributed by atoms with Crippen LogP contribution in [-0.4, -0.2) is 24.6 Å². The second kappa shape index (κ2) is 11.3. The monoisotopic (exact) mass is 463 g/mol. The van der Waals surface area contributed by atoms with E-state index >= 15 is 0 Å². The van der Waals surface area contributed by atoms with Gasteiger partial charge in [-0.2, -0.15) is 5.10 Å². The zero-order chi connectivity index (χ0) is 20.4. The fraction of sp³-hybridized carbons (Fsp3) is 0.150. The van der Waals surface area contributed by atoms with Gasteiger partial charge in [-0.3, -0.25) is 9.59 Å². The smallest absolute Gasteiger partial charge is 0.240 e. The van der Waals surface area contributed by atoms with Crippen molar-refractivity contribution in [3.05, 3.63) is 70.2 Å². The van der Waals surface area contributed by atoms with Gasteiger partial charge in [-0.25, -0.2) is 5.43 Å². The predicted molar refractivity (Wildman–Crippen MR) is 115 cm³/mol. The third-order valence-corrected chi connectivity index (χ3v) is 4.39. The minimum Gasteiger partial charge on any atom is -0.488 e. The number of nitrogens with one attached hydrogen (secondary N) is 2. The number of benzene rings is 2. The quantitative estimate of drug-likeness (QED) is 0.325. The zero-order valence-electron chi connectivity index (χ0n) is 15.0. The molecule has 0 saturated carbocycles. The molecule has 0 aliphatic rings. The van der Waals surface area contributed by atoms with Crippen molar-refractivity contribution in [2.24, 2.45) is 5.10 Å². The maximum Gasteiger partial charge on any atom is 0.240 e. The molecule has 2 N–H and O–H groups in total. The van der Waals surface area contributed by atoms with Crippen LogP contribution in [0, 0.1) is 0 Å². The first-order valence-corrected chi connectivity index (χ1v) is 9.56. The molecule has 6 nitrogen and oxygen atoms in total. The van der Waals surface area contributed by atoms with E-state index in [1.54, 1.807) is 42.5 Å². The van der Waals surface area contributed by atoms with Crippen molar-refractivity contribution in [3.8, 4) is 5.75 Å². The molecule has 0 atom stereocenters. The minimum atomic E-state index is -0.365. The molecule has 0 radical (unpaired) electrons. The van der Waals surface area contributed by atoms with E-state index in [2.05, 4.69) is 38.4 Å². The maximum absolute atomic E-state index is 11.9. The molecule has 0 aromatic heterocycles. The molecule has 146 valence electrons. The van der Waals surface area contributed by atoms with Gasteiger partial charge in [0.2, 0.25) is 11.8 Å². The fourth-order valence-electron chi connectivity index (χ4n) is 2.10. The van der Waals surface area contributed by atoms with E-state index in [1.807, 2.05) is 6.07 Å². The highest BCUT2D eigenvalue weighted by molar-refractivity contribution is 9.10. The van der Waals surface area contributed by atoms with Crippen LogP contribution < -0.4 is 15.5 Å². The Morgan fingerprint density at radius 1 is 1.18 bits per heavy atom. The van der Waals surface area contributed by atoms with Crippen LogP contribution in [0.4, 0.5) is 5.69 Å². The molecule has 0 fully saturated rings. The number of rotatable bonds is 9. The van der Waals surface area contributed by atoms with Gasteiger partial charge in [0.15, 0.2) is 0 Å². The topological polar surface area (TPSA) is 79.8 Å². The maximum atomic E-state index is 11.9. The van der Waals surface area contributed by atoms with Gasteiger partial charge in [0, 0.05) is 12.8 Å². The Bertz CT molecular complexity index is 887. The van der Waals surface area contributed by atoms with E-state index in [0.29, 0.717) is 23.1 Å². The first kappa shape index (κ1) is 21.7. The number of nitrogens with zero attached hydrogens (tertiary/aromatic N) is 1. The summed E-state index contributed by atoms with van der Waals surface area (Å²) < 4.78 is 6.23. The van der Waals surface area contributed by atoms with Crippen LogP contribution in [0.5, 0.6) is 5.75 Å². The third-order valence-electron chi connectivity index (χ3n) is 3.44. The minimum absolute atomic E-state index is 0.00561. The van der Waals surface area contributed by atoms with Crippen molar-refractivity contribution in [3.63, 3.8) is 0 Å². The van der Waals surface area contributed by atoms with Gasteiger partial charge in [-0.1, -0.05) is 36.4 Å². The predicted octanol–water partition coefficient (Wildman–Crippen LogP) is 4.54. The number of carbonyl (C=O) groups is 2. The molecule has 0 aliphatic heterocycles. The first-order valence-electron chi connectivity index (χ1n) is 8.39. The number of ether oxygens (including phenoxy) is 1. The summed E-state index contributed by atoms with van der Waals surface area (Å²) >= 11 is 9.38. The van der Waals surface area contributed by atoms with Gasteiger partial charge in [0.05, 0.1) is 21.4 Å². The highest BCUT2D eigenvalue weighted by atomic mass is 79.9. The van der Waals surface area contributed by atoms with E-state index in [4.69, 9.17) is 16.3 Å². The van der Waals surface area contributed by atoms with Crippen LogP contribution in [0.25, 0.3) is 0 Å². The summed E-state index contributed by atoms with van der Waals surface area (Å²) in [5.74, 6) is 0.0208. The van der Waals surface area contributed by atoms with Crippen LogP contribution in [0.15, 0.2) is 64.7 Å². The largest absolute Gasteiger partial charge is 0.488 e. The van der Waals surface area contributed by atoms with Crippen molar-refractivity contribution >= 4 is 51.2 Å². The number of hydrogen-bond acceptors (Lipinski definition) is 4. The van der Waals surface area contributed by atoms with Crippen molar-refractivity contribution in [2.45, 2.75) is 12.8 Å². The second-order valence-electron chi connectivity index (χ2n) is 5.61. The summed E-state index contributed by atoms with van der Waals surface area (Å²) in [6, 6.07) is 12.3. The lowest BCUT2D eigenvalue weighted by molar-refractivity contribution is -0.124. The molecule has 2 amide bonds. The number of anilines is 1. The molecule has 0 unspecified atom stereocenters. The Balaban J connectivity index is 1.77. The van der Waals surface area contributed by atoms with Gasteiger partial charge >= 0.3 is 0 Å². The Morgan fingerprint density at radius 2 is 1.93 bits per heavy atom. The summed E-state index contributed by atoms with van der Waals surface area (Å²) in [5.41, 5.74) is 3.68. The van der Waals surface area contributed by atoms with E-state index in [1.165, 1.54) is 6.21 Å². The van der Waals surface area contributed by atoms with E-state index in [9.17, 15) is 9.59 Å². The summed E-state index contributed by atoms with van der Waals surface area (Å²) in [4.78, 5) is 23.7. The van der Waals surface area contributed by atoms with Crippen molar-refractivity contribution in [1.29, 1.82) is 0 Å². The normalized spacial score (nSPS) is 10.5. The van der Waals surface area contributed by atoms with E-state index in [0.717, 1.165) is 10.0 Å². The lowest BCUT2D eigenvalue weighted by Crippen LogP contribution is -2.20. The Kier molecular flexibility index (Phi) is 8.71. The molecule has 0 saturated heterocycles. The fourth-order valence-corrected chi connectivity index (χ4v) is 2.79.